The van der Waals surface area contributed by atoms with Crippen LogP contribution in [0.15, 0.2) is 0 Å². The highest BCUT2D eigenvalue weighted by molar-refractivity contribution is 4.89. The van der Waals surface area contributed by atoms with Crippen molar-refractivity contribution in [2.24, 2.45) is 10.8 Å². The molecule has 0 heterocycles. The molecule has 1 saturated carbocycles. The van der Waals surface area contributed by atoms with Crippen molar-refractivity contribution in [2.75, 3.05) is 26.7 Å². The third-order valence-electron chi connectivity index (χ3n) is 4.51. The van der Waals surface area contributed by atoms with E-state index in [9.17, 15) is 0 Å². The Morgan fingerprint density at radius 3 is 1.86 bits per heavy atom. The minimum Gasteiger partial charge on any atom is -0.311 e. The van der Waals surface area contributed by atoms with Gasteiger partial charge in [-0.15, -0.1) is 0 Å². The number of nitrogens with one attached hydrogen (secondary N) is 1. The van der Waals surface area contributed by atoms with Crippen molar-refractivity contribution in [3.8, 4) is 0 Å². The Hall–Kier alpha value is -0.0800. The van der Waals surface area contributed by atoms with Crippen LogP contribution in [0.25, 0.3) is 0 Å². The Balaban J connectivity index is 2.71. The summed E-state index contributed by atoms with van der Waals surface area (Å²) in [5.41, 5.74) is 1.09. The molecule has 21 heavy (non-hydrogen) atoms. The van der Waals surface area contributed by atoms with E-state index in [1.54, 1.807) is 0 Å². The highest BCUT2D eigenvalue weighted by atomic mass is 15.1. The summed E-state index contributed by atoms with van der Waals surface area (Å²) in [6.07, 6.45) is 8.47. The Labute approximate surface area is 134 Å². The first kappa shape index (κ1) is 19.0. The van der Waals surface area contributed by atoms with E-state index in [-0.39, 0.29) is 5.54 Å². The SMILES string of the molecule is CN(CC(C)(C)C)CC1(CNC(C)(C)C)CCCCCC1. The first-order chi connectivity index (χ1) is 9.52. The zero-order valence-electron chi connectivity index (χ0n) is 15.8. The fourth-order valence-electron chi connectivity index (χ4n) is 3.76. The molecule has 0 aromatic carbocycles. The topological polar surface area (TPSA) is 15.3 Å². The largest absolute Gasteiger partial charge is 0.311 e. The maximum absolute atomic E-state index is 3.80. The highest BCUT2D eigenvalue weighted by Crippen LogP contribution is 2.36. The fraction of sp³-hybridized carbons (Fsp3) is 1.00. The van der Waals surface area contributed by atoms with Gasteiger partial charge in [0.2, 0.25) is 0 Å². The smallest absolute Gasteiger partial charge is 0.00967 e. The zero-order chi connectivity index (χ0) is 16.1. The molecule has 0 aliphatic heterocycles. The third-order valence-corrected chi connectivity index (χ3v) is 4.51. The molecule has 0 aromatic rings. The van der Waals surface area contributed by atoms with Crippen molar-refractivity contribution in [1.29, 1.82) is 0 Å². The summed E-state index contributed by atoms with van der Waals surface area (Å²) in [5.74, 6) is 0. The van der Waals surface area contributed by atoms with Gasteiger partial charge in [0.15, 0.2) is 0 Å². The summed E-state index contributed by atoms with van der Waals surface area (Å²) in [6.45, 7) is 17.5. The maximum Gasteiger partial charge on any atom is 0.00967 e. The highest BCUT2D eigenvalue weighted by Gasteiger charge is 2.33. The van der Waals surface area contributed by atoms with Crippen molar-refractivity contribution < 1.29 is 0 Å². The van der Waals surface area contributed by atoms with Crippen molar-refractivity contribution >= 4 is 0 Å². The van der Waals surface area contributed by atoms with Gasteiger partial charge < -0.3 is 10.2 Å². The quantitative estimate of drug-likeness (QED) is 0.740. The summed E-state index contributed by atoms with van der Waals surface area (Å²) >= 11 is 0. The first-order valence-corrected chi connectivity index (χ1v) is 8.95. The van der Waals surface area contributed by atoms with Crippen LogP contribution in [0.4, 0.5) is 0 Å². The minimum absolute atomic E-state index is 0.224. The molecule has 0 saturated heterocycles. The minimum atomic E-state index is 0.224. The monoisotopic (exact) mass is 296 g/mol. The van der Waals surface area contributed by atoms with Crippen LogP contribution in [0.3, 0.4) is 0 Å². The van der Waals surface area contributed by atoms with E-state index in [1.807, 2.05) is 0 Å². The molecule has 0 aromatic heterocycles. The fourth-order valence-corrected chi connectivity index (χ4v) is 3.76. The van der Waals surface area contributed by atoms with E-state index < -0.39 is 0 Å². The van der Waals surface area contributed by atoms with Gasteiger partial charge in [0.1, 0.15) is 0 Å². The van der Waals surface area contributed by atoms with Crippen LogP contribution in [0.1, 0.15) is 80.1 Å². The van der Waals surface area contributed by atoms with Crippen LogP contribution >= 0.6 is 0 Å². The summed E-state index contributed by atoms with van der Waals surface area (Å²) in [7, 11) is 2.31. The van der Waals surface area contributed by atoms with E-state index in [4.69, 9.17) is 0 Å². The van der Waals surface area contributed by atoms with Gasteiger partial charge in [0, 0.05) is 25.2 Å². The van der Waals surface area contributed by atoms with Gasteiger partial charge in [-0.05, 0) is 51.5 Å². The molecule has 0 bridgehead atoms. The number of nitrogens with zero attached hydrogens (tertiary/aromatic N) is 1. The van der Waals surface area contributed by atoms with Gasteiger partial charge in [-0.1, -0.05) is 46.5 Å². The molecule has 0 unspecified atom stereocenters. The molecule has 1 fully saturated rings. The van der Waals surface area contributed by atoms with Crippen LogP contribution in [-0.4, -0.2) is 37.1 Å². The molecule has 1 aliphatic rings. The molecule has 0 atom stereocenters. The second-order valence-electron chi connectivity index (χ2n) is 9.75. The molecule has 1 N–H and O–H groups in total. The summed E-state index contributed by atoms with van der Waals surface area (Å²) in [6, 6.07) is 0. The van der Waals surface area contributed by atoms with E-state index in [0.29, 0.717) is 10.8 Å². The molecule has 2 heteroatoms. The summed E-state index contributed by atoms with van der Waals surface area (Å²) < 4.78 is 0. The lowest BCUT2D eigenvalue weighted by Crippen LogP contribution is -2.49. The maximum atomic E-state index is 3.80. The molecule has 2 nitrogen and oxygen atoms in total. The van der Waals surface area contributed by atoms with Crippen LogP contribution in [0.2, 0.25) is 0 Å². The summed E-state index contributed by atoms with van der Waals surface area (Å²) in [4.78, 5) is 2.58. The van der Waals surface area contributed by atoms with Crippen LogP contribution in [0.5, 0.6) is 0 Å². The van der Waals surface area contributed by atoms with Crippen molar-refractivity contribution in [3.05, 3.63) is 0 Å². The Bertz CT molecular complexity index is 288. The first-order valence-electron chi connectivity index (χ1n) is 8.95. The molecule has 0 spiro atoms. The standard InChI is InChI=1S/C19H40N2/c1-17(2,3)15-21(7)16-19(14-20-18(4,5)6)12-10-8-9-11-13-19/h20H,8-16H2,1-7H3. The van der Waals surface area contributed by atoms with Crippen LogP contribution in [0, 0.1) is 10.8 Å². The third kappa shape index (κ3) is 8.21. The lowest BCUT2D eigenvalue weighted by atomic mass is 9.78. The van der Waals surface area contributed by atoms with Crippen molar-refractivity contribution in [1.82, 2.24) is 10.2 Å². The molecule has 1 aliphatic carbocycles. The normalized spacial score (nSPS) is 20.6. The molecule has 0 amide bonds. The lowest BCUT2D eigenvalue weighted by molar-refractivity contribution is 0.112. The van der Waals surface area contributed by atoms with Crippen molar-refractivity contribution in [3.63, 3.8) is 0 Å². The lowest BCUT2D eigenvalue weighted by Gasteiger charge is -2.40. The van der Waals surface area contributed by atoms with E-state index >= 15 is 0 Å². The second kappa shape index (κ2) is 7.46. The Morgan fingerprint density at radius 2 is 1.43 bits per heavy atom. The number of hydrogen-bond donors (Lipinski definition) is 1. The predicted octanol–water partition coefficient (Wildman–Crippen LogP) is 4.69. The van der Waals surface area contributed by atoms with Crippen LogP contribution < -0.4 is 5.32 Å². The average Bonchev–Trinajstić information content (AvgIpc) is 2.49. The van der Waals surface area contributed by atoms with E-state index in [1.165, 1.54) is 58.2 Å². The predicted molar refractivity (Wildman–Crippen MR) is 94.8 cm³/mol. The number of hydrogen-bond acceptors (Lipinski definition) is 2. The van der Waals surface area contributed by atoms with Crippen molar-refractivity contribution in [2.45, 2.75) is 85.6 Å². The van der Waals surface area contributed by atoms with Gasteiger partial charge >= 0.3 is 0 Å². The summed E-state index contributed by atoms with van der Waals surface area (Å²) in [5, 5.41) is 3.80. The van der Waals surface area contributed by atoms with Gasteiger partial charge in [-0.25, -0.2) is 0 Å². The molecule has 1 rings (SSSR count). The van der Waals surface area contributed by atoms with Gasteiger partial charge in [0.25, 0.3) is 0 Å². The molecular formula is C19H40N2. The van der Waals surface area contributed by atoms with Gasteiger partial charge in [-0.3, -0.25) is 0 Å². The van der Waals surface area contributed by atoms with E-state index in [2.05, 4.69) is 58.8 Å². The Morgan fingerprint density at radius 1 is 0.905 bits per heavy atom. The molecule has 0 radical (unpaired) electrons. The molecular weight excluding hydrogens is 256 g/mol. The second-order valence-corrected chi connectivity index (χ2v) is 9.75. The Kier molecular flexibility index (Phi) is 6.74. The number of rotatable bonds is 5. The molecule has 126 valence electrons. The van der Waals surface area contributed by atoms with Gasteiger partial charge in [-0.2, -0.15) is 0 Å². The van der Waals surface area contributed by atoms with E-state index in [0.717, 1.165) is 0 Å². The zero-order valence-corrected chi connectivity index (χ0v) is 15.8. The average molecular weight is 297 g/mol. The van der Waals surface area contributed by atoms with Crippen LogP contribution in [-0.2, 0) is 0 Å². The van der Waals surface area contributed by atoms with Gasteiger partial charge in [0.05, 0.1) is 0 Å².